The fourth-order valence-corrected chi connectivity index (χ4v) is 1.72. The van der Waals surface area contributed by atoms with Crippen LogP contribution in [0.15, 0.2) is 35.3 Å². The van der Waals surface area contributed by atoms with Gasteiger partial charge in [-0.25, -0.2) is 4.98 Å². The molecule has 0 aliphatic heterocycles. The highest BCUT2D eigenvalue weighted by molar-refractivity contribution is 9.10. The molecular formula is C11H13BrN4. The number of imidazole rings is 1. The van der Waals surface area contributed by atoms with Gasteiger partial charge in [0.1, 0.15) is 0 Å². The summed E-state index contributed by atoms with van der Waals surface area (Å²) in [5, 5.41) is 0. The molecule has 0 aliphatic carbocycles. The molecule has 0 saturated heterocycles. The smallest absolute Gasteiger partial charge is 0.0947 e. The Morgan fingerprint density at radius 3 is 2.81 bits per heavy atom. The molecule has 0 saturated carbocycles. The highest BCUT2D eigenvalue weighted by atomic mass is 79.9. The van der Waals surface area contributed by atoms with Crippen molar-refractivity contribution in [2.45, 2.75) is 12.5 Å². The van der Waals surface area contributed by atoms with E-state index in [4.69, 9.17) is 5.73 Å². The SMILES string of the molecule is Cn1cnc(C(N)Cc2ccc(Br)cn2)c1. The molecule has 2 heterocycles. The van der Waals surface area contributed by atoms with Crippen molar-refractivity contribution in [3.8, 4) is 0 Å². The maximum atomic E-state index is 6.05. The van der Waals surface area contributed by atoms with Gasteiger partial charge in [-0.05, 0) is 28.1 Å². The van der Waals surface area contributed by atoms with E-state index in [9.17, 15) is 0 Å². The van der Waals surface area contributed by atoms with Crippen LogP contribution in [0.5, 0.6) is 0 Å². The van der Waals surface area contributed by atoms with E-state index in [1.54, 1.807) is 12.5 Å². The van der Waals surface area contributed by atoms with Crippen molar-refractivity contribution in [2.75, 3.05) is 0 Å². The van der Waals surface area contributed by atoms with E-state index in [0.717, 1.165) is 15.9 Å². The Morgan fingerprint density at radius 2 is 2.25 bits per heavy atom. The Morgan fingerprint density at radius 1 is 1.44 bits per heavy atom. The van der Waals surface area contributed by atoms with Crippen LogP contribution in [0.2, 0.25) is 0 Å². The Kier molecular flexibility index (Phi) is 3.36. The second-order valence-corrected chi connectivity index (χ2v) is 4.66. The molecule has 0 bridgehead atoms. The normalized spacial score (nSPS) is 12.7. The Labute approximate surface area is 103 Å². The summed E-state index contributed by atoms with van der Waals surface area (Å²) in [6.45, 7) is 0. The van der Waals surface area contributed by atoms with Gasteiger partial charge in [0, 0.05) is 36.0 Å². The number of aryl methyl sites for hydroxylation is 1. The first-order valence-corrected chi connectivity index (χ1v) is 5.78. The lowest BCUT2D eigenvalue weighted by molar-refractivity contribution is 0.686. The van der Waals surface area contributed by atoms with Crippen molar-refractivity contribution in [3.05, 3.63) is 46.7 Å². The average Bonchev–Trinajstić information content (AvgIpc) is 2.68. The summed E-state index contributed by atoms with van der Waals surface area (Å²) in [5.74, 6) is 0. The van der Waals surface area contributed by atoms with Crippen LogP contribution in [-0.4, -0.2) is 14.5 Å². The summed E-state index contributed by atoms with van der Waals surface area (Å²) in [6, 6.07) is 3.83. The van der Waals surface area contributed by atoms with Crippen molar-refractivity contribution < 1.29 is 0 Å². The lowest BCUT2D eigenvalue weighted by atomic mass is 10.1. The van der Waals surface area contributed by atoms with E-state index < -0.39 is 0 Å². The number of halogens is 1. The number of aromatic nitrogens is 3. The second-order valence-electron chi connectivity index (χ2n) is 3.74. The van der Waals surface area contributed by atoms with Crippen LogP contribution in [-0.2, 0) is 13.5 Å². The maximum absolute atomic E-state index is 6.05. The minimum atomic E-state index is -0.102. The predicted molar refractivity (Wildman–Crippen MR) is 65.8 cm³/mol. The molecule has 2 rings (SSSR count). The van der Waals surface area contributed by atoms with Gasteiger partial charge in [0.2, 0.25) is 0 Å². The van der Waals surface area contributed by atoms with E-state index in [0.29, 0.717) is 6.42 Å². The van der Waals surface area contributed by atoms with Crippen molar-refractivity contribution in [3.63, 3.8) is 0 Å². The quantitative estimate of drug-likeness (QED) is 0.933. The molecule has 5 heteroatoms. The minimum Gasteiger partial charge on any atom is -0.340 e. The molecule has 0 radical (unpaired) electrons. The monoisotopic (exact) mass is 280 g/mol. The Bertz CT molecular complexity index is 463. The third-order valence-electron chi connectivity index (χ3n) is 2.32. The van der Waals surface area contributed by atoms with E-state index in [1.165, 1.54) is 0 Å². The summed E-state index contributed by atoms with van der Waals surface area (Å²) in [4.78, 5) is 8.52. The third kappa shape index (κ3) is 2.68. The lowest BCUT2D eigenvalue weighted by Gasteiger charge is -2.07. The van der Waals surface area contributed by atoms with E-state index >= 15 is 0 Å². The summed E-state index contributed by atoms with van der Waals surface area (Å²) < 4.78 is 2.87. The number of hydrogen-bond acceptors (Lipinski definition) is 3. The van der Waals surface area contributed by atoms with Crippen LogP contribution in [0.4, 0.5) is 0 Å². The van der Waals surface area contributed by atoms with Crippen LogP contribution < -0.4 is 5.73 Å². The minimum absolute atomic E-state index is 0.102. The molecule has 2 aromatic rings. The van der Waals surface area contributed by atoms with Crippen LogP contribution >= 0.6 is 15.9 Å². The molecule has 16 heavy (non-hydrogen) atoms. The Hall–Kier alpha value is -1.20. The number of nitrogens with zero attached hydrogens (tertiary/aromatic N) is 3. The Balaban J connectivity index is 2.07. The molecule has 1 atom stereocenters. The molecule has 0 aliphatic rings. The number of pyridine rings is 1. The molecular weight excluding hydrogens is 268 g/mol. The average molecular weight is 281 g/mol. The molecule has 0 spiro atoms. The zero-order valence-electron chi connectivity index (χ0n) is 8.97. The van der Waals surface area contributed by atoms with Gasteiger partial charge in [-0.2, -0.15) is 0 Å². The molecule has 2 aromatic heterocycles. The largest absolute Gasteiger partial charge is 0.340 e. The first kappa shape index (κ1) is 11.3. The highest BCUT2D eigenvalue weighted by Gasteiger charge is 2.10. The summed E-state index contributed by atoms with van der Waals surface area (Å²) in [7, 11) is 1.93. The van der Waals surface area contributed by atoms with Gasteiger partial charge in [-0.1, -0.05) is 0 Å². The first-order chi connectivity index (χ1) is 7.65. The number of rotatable bonds is 3. The first-order valence-electron chi connectivity index (χ1n) is 4.99. The molecule has 84 valence electrons. The van der Waals surface area contributed by atoms with E-state index in [-0.39, 0.29) is 6.04 Å². The topological polar surface area (TPSA) is 56.7 Å². The van der Waals surface area contributed by atoms with Crippen molar-refractivity contribution >= 4 is 15.9 Å². The molecule has 0 aromatic carbocycles. The van der Waals surface area contributed by atoms with Crippen LogP contribution in [0.1, 0.15) is 17.4 Å². The fourth-order valence-electron chi connectivity index (χ4n) is 1.48. The van der Waals surface area contributed by atoms with E-state index in [1.807, 2.05) is 29.9 Å². The van der Waals surface area contributed by atoms with Crippen LogP contribution in [0.25, 0.3) is 0 Å². The zero-order chi connectivity index (χ0) is 11.5. The molecule has 1 unspecified atom stereocenters. The van der Waals surface area contributed by atoms with Gasteiger partial charge in [0.25, 0.3) is 0 Å². The third-order valence-corrected chi connectivity index (χ3v) is 2.79. The number of nitrogens with two attached hydrogens (primary N) is 1. The van der Waals surface area contributed by atoms with Gasteiger partial charge in [-0.3, -0.25) is 4.98 Å². The van der Waals surface area contributed by atoms with Crippen LogP contribution in [0, 0.1) is 0 Å². The van der Waals surface area contributed by atoms with E-state index in [2.05, 4.69) is 25.9 Å². The van der Waals surface area contributed by atoms with Crippen LogP contribution in [0.3, 0.4) is 0 Å². The maximum Gasteiger partial charge on any atom is 0.0947 e. The predicted octanol–water partition coefficient (Wildman–Crippen LogP) is 1.82. The second kappa shape index (κ2) is 4.76. The van der Waals surface area contributed by atoms with Gasteiger partial charge in [0.15, 0.2) is 0 Å². The van der Waals surface area contributed by atoms with Gasteiger partial charge >= 0.3 is 0 Å². The van der Waals surface area contributed by atoms with Gasteiger partial charge in [0.05, 0.1) is 18.1 Å². The highest BCUT2D eigenvalue weighted by Crippen LogP contribution is 2.14. The van der Waals surface area contributed by atoms with Gasteiger partial charge < -0.3 is 10.3 Å². The van der Waals surface area contributed by atoms with Crippen molar-refractivity contribution in [1.29, 1.82) is 0 Å². The van der Waals surface area contributed by atoms with Gasteiger partial charge in [-0.15, -0.1) is 0 Å². The molecule has 2 N–H and O–H groups in total. The molecule has 4 nitrogen and oxygen atoms in total. The molecule has 0 amide bonds. The standard InChI is InChI=1S/C11H13BrN4/c1-16-6-11(15-7-16)10(13)4-9-3-2-8(12)5-14-9/h2-3,5-7,10H,4,13H2,1H3. The lowest BCUT2D eigenvalue weighted by Crippen LogP contribution is -2.14. The summed E-state index contributed by atoms with van der Waals surface area (Å²) in [5.41, 5.74) is 7.92. The van der Waals surface area contributed by atoms with Crippen molar-refractivity contribution in [1.82, 2.24) is 14.5 Å². The zero-order valence-corrected chi connectivity index (χ0v) is 10.6. The molecule has 0 fully saturated rings. The number of hydrogen-bond donors (Lipinski definition) is 1. The van der Waals surface area contributed by atoms with Crippen molar-refractivity contribution in [2.24, 2.45) is 12.8 Å². The summed E-state index contributed by atoms with van der Waals surface area (Å²) >= 11 is 3.35. The fraction of sp³-hybridized carbons (Fsp3) is 0.273. The summed E-state index contributed by atoms with van der Waals surface area (Å²) in [6.07, 6.45) is 6.17.